The summed E-state index contributed by atoms with van der Waals surface area (Å²) in [6.07, 6.45) is -1.26. The summed E-state index contributed by atoms with van der Waals surface area (Å²) in [7, 11) is 0. The van der Waals surface area contributed by atoms with E-state index in [0.717, 1.165) is 23.1 Å². The zero-order valence-corrected chi connectivity index (χ0v) is 22.5. The average molecular weight is 535 g/mol. The number of hydrogen-bond donors (Lipinski definition) is 1. The number of fused-ring (bicyclic) bond motifs is 1. The molecule has 0 radical (unpaired) electrons. The van der Waals surface area contributed by atoms with Crippen LogP contribution in [0.3, 0.4) is 0 Å². The monoisotopic (exact) mass is 534 g/mol. The first kappa shape index (κ1) is 27.3. The second kappa shape index (κ2) is 10.2. The maximum atomic E-state index is 13.5. The summed E-state index contributed by atoms with van der Waals surface area (Å²) in [6.45, 7) is 0.263. The van der Waals surface area contributed by atoms with E-state index >= 15 is 0 Å². The molecule has 0 bridgehead atoms. The third kappa shape index (κ3) is 5.57. The second-order valence-electron chi connectivity index (χ2n) is 8.93. The normalized spacial score (nSPS) is 14.2. The van der Waals surface area contributed by atoms with Gasteiger partial charge in [-0.05, 0) is 59.9 Å². The third-order valence-electron chi connectivity index (χ3n) is 6.48. The molecule has 0 spiro atoms. The molecule has 10 heteroatoms. The number of nitrogens with zero attached hydrogens (tertiary/aromatic N) is 1. The van der Waals surface area contributed by atoms with Gasteiger partial charge < -0.3 is 19.8 Å². The molecule has 5 nitrogen and oxygen atoms in total. The predicted molar refractivity (Wildman–Crippen MR) is 127 cm³/mol. The molecule has 1 saturated carbocycles. The van der Waals surface area contributed by atoms with Gasteiger partial charge in [-0.2, -0.15) is 13.2 Å². The summed E-state index contributed by atoms with van der Waals surface area (Å²) >= 11 is 6.29. The number of carboxylic acid groups (broad SMARTS) is 1. The van der Waals surface area contributed by atoms with E-state index < -0.39 is 23.2 Å². The van der Waals surface area contributed by atoms with Gasteiger partial charge in [0.2, 0.25) is 0 Å². The van der Waals surface area contributed by atoms with E-state index in [1.165, 1.54) is 24.3 Å². The molecule has 184 valence electrons. The molecular weight excluding hydrogens is 516 g/mol. The van der Waals surface area contributed by atoms with Crippen LogP contribution >= 0.6 is 11.6 Å². The minimum atomic E-state index is -4.41. The Morgan fingerprint density at radius 2 is 1.65 bits per heavy atom. The van der Waals surface area contributed by atoms with Crippen LogP contribution in [0.5, 0.6) is 0 Å². The fraction of sp³-hybridized carbons (Fsp3) is 0.185. The van der Waals surface area contributed by atoms with Crippen LogP contribution in [-0.4, -0.2) is 16.4 Å². The van der Waals surface area contributed by atoms with Crippen LogP contribution in [0.15, 0.2) is 72.9 Å². The number of carbonyl (C=O) groups excluding carboxylic acids is 2. The van der Waals surface area contributed by atoms with Gasteiger partial charge in [-0.1, -0.05) is 48.0 Å². The van der Waals surface area contributed by atoms with Crippen molar-refractivity contribution in [3.05, 3.63) is 106 Å². The van der Waals surface area contributed by atoms with Crippen LogP contribution in [0.1, 0.15) is 50.2 Å². The minimum absolute atomic E-state index is 0. The first-order valence-electron chi connectivity index (χ1n) is 11.1. The van der Waals surface area contributed by atoms with Gasteiger partial charge in [-0.25, -0.2) is 0 Å². The number of aromatic carboxylic acids is 1. The van der Waals surface area contributed by atoms with E-state index in [1.54, 1.807) is 41.1 Å². The van der Waals surface area contributed by atoms with Gasteiger partial charge in [0, 0.05) is 23.2 Å². The molecule has 1 heterocycles. The minimum Gasteiger partial charge on any atom is -0.545 e. The molecule has 1 aliphatic rings. The van der Waals surface area contributed by atoms with Crippen LogP contribution in [0.2, 0.25) is 5.02 Å². The summed E-state index contributed by atoms with van der Waals surface area (Å²) < 4.78 is 40.5. The molecule has 0 saturated heterocycles. The maximum Gasteiger partial charge on any atom is 1.00 e. The SMILES string of the molecule is O=C([O-])c1ccc(C2(NC(=O)c3cc(Cl)cc4ccn(Cc5ccc(C(F)(F)F)cc5)c34)CC2)cc1.[Na+]. The molecule has 0 aliphatic heterocycles. The van der Waals surface area contributed by atoms with Crippen molar-refractivity contribution in [3.63, 3.8) is 0 Å². The number of nitrogens with one attached hydrogen (secondary N) is 1. The van der Waals surface area contributed by atoms with Gasteiger partial charge in [0.1, 0.15) is 0 Å². The summed E-state index contributed by atoms with van der Waals surface area (Å²) in [5.74, 6) is -1.62. The Kier molecular flexibility index (Phi) is 7.50. The molecule has 1 aromatic heterocycles. The molecule has 4 aromatic rings. The molecule has 37 heavy (non-hydrogen) atoms. The predicted octanol–water partition coefficient (Wildman–Crippen LogP) is 2.15. The van der Waals surface area contributed by atoms with Gasteiger partial charge in [-0.15, -0.1) is 0 Å². The zero-order valence-electron chi connectivity index (χ0n) is 19.7. The smallest absolute Gasteiger partial charge is 0.545 e. The quantitative estimate of drug-likeness (QED) is 0.385. The molecule has 5 rings (SSSR count). The number of aromatic nitrogens is 1. The van der Waals surface area contributed by atoms with Gasteiger partial charge in [-0.3, -0.25) is 4.79 Å². The number of carbonyl (C=O) groups is 2. The molecular formula is C27H19ClF3N2NaO3. The van der Waals surface area contributed by atoms with E-state index in [1.807, 2.05) is 0 Å². The van der Waals surface area contributed by atoms with E-state index in [9.17, 15) is 27.9 Å². The number of alkyl halides is 3. The average Bonchev–Trinajstić information content (AvgIpc) is 3.51. The van der Waals surface area contributed by atoms with Crippen molar-refractivity contribution >= 4 is 34.4 Å². The van der Waals surface area contributed by atoms with Crippen molar-refractivity contribution in [3.8, 4) is 0 Å². The van der Waals surface area contributed by atoms with Crippen molar-refractivity contribution in [2.24, 2.45) is 0 Å². The van der Waals surface area contributed by atoms with Gasteiger partial charge in [0.25, 0.3) is 5.91 Å². The summed E-state index contributed by atoms with van der Waals surface area (Å²) in [5.41, 5.74) is 1.11. The molecule has 1 fully saturated rings. The number of rotatable bonds is 6. The van der Waals surface area contributed by atoms with E-state index in [2.05, 4.69) is 5.32 Å². The molecule has 1 amide bonds. The Labute approximate surface area is 237 Å². The number of halogens is 4. The van der Waals surface area contributed by atoms with E-state index in [0.29, 0.717) is 34.5 Å². The fourth-order valence-electron chi connectivity index (χ4n) is 4.43. The molecule has 1 N–H and O–H groups in total. The van der Waals surface area contributed by atoms with E-state index in [4.69, 9.17) is 11.6 Å². The van der Waals surface area contributed by atoms with Crippen molar-refractivity contribution in [1.82, 2.24) is 9.88 Å². The fourth-order valence-corrected chi connectivity index (χ4v) is 4.66. The van der Waals surface area contributed by atoms with Crippen molar-refractivity contribution in [1.29, 1.82) is 0 Å². The van der Waals surface area contributed by atoms with Crippen LogP contribution in [0.4, 0.5) is 13.2 Å². The molecule has 0 unspecified atom stereocenters. The van der Waals surface area contributed by atoms with Gasteiger partial charge in [0.15, 0.2) is 0 Å². The van der Waals surface area contributed by atoms with Crippen LogP contribution in [0.25, 0.3) is 10.9 Å². The first-order chi connectivity index (χ1) is 17.1. The number of benzene rings is 3. The summed E-state index contributed by atoms with van der Waals surface area (Å²) in [6, 6.07) is 16.2. The van der Waals surface area contributed by atoms with Crippen molar-refractivity contribution < 1.29 is 57.4 Å². The maximum absolute atomic E-state index is 13.5. The Hall–Kier alpha value is -2.78. The van der Waals surface area contributed by atoms with Crippen LogP contribution in [-0.2, 0) is 18.3 Å². The number of carboxylic acids is 1. The Balaban J connectivity index is 0.00000320. The zero-order chi connectivity index (χ0) is 25.7. The number of amides is 1. The van der Waals surface area contributed by atoms with Crippen LogP contribution in [0, 0.1) is 0 Å². The standard InChI is InChI=1S/C27H20ClF3N2O3.Na/c28-21-13-18-9-12-33(15-16-1-5-20(6-2-16)27(29,30)31)23(18)22(14-21)24(34)32-26(10-11-26)19-7-3-17(4-8-19)25(35)36;/h1-9,12-14H,10-11,15H2,(H,32,34)(H,35,36);/q;+1/p-1. The first-order valence-corrected chi connectivity index (χ1v) is 11.5. The number of hydrogen-bond acceptors (Lipinski definition) is 3. The summed E-state index contributed by atoms with van der Waals surface area (Å²) in [4.78, 5) is 24.5. The van der Waals surface area contributed by atoms with Gasteiger partial charge >= 0.3 is 35.7 Å². The molecule has 1 aliphatic carbocycles. The molecule has 0 atom stereocenters. The Morgan fingerprint density at radius 3 is 2.22 bits per heavy atom. The van der Waals surface area contributed by atoms with E-state index in [-0.39, 0.29) is 47.6 Å². The third-order valence-corrected chi connectivity index (χ3v) is 6.70. The Bertz CT molecular complexity index is 1480. The second-order valence-corrected chi connectivity index (χ2v) is 9.37. The molecule has 3 aromatic carbocycles. The van der Waals surface area contributed by atoms with Crippen molar-refractivity contribution in [2.75, 3.05) is 0 Å². The van der Waals surface area contributed by atoms with Crippen LogP contribution < -0.4 is 40.0 Å². The van der Waals surface area contributed by atoms with Gasteiger partial charge in [0.05, 0.1) is 28.2 Å². The summed E-state index contributed by atoms with van der Waals surface area (Å²) in [5, 5.41) is 15.2. The van der Waals surface area contributed by atoms with Crippen molar-refractivity contribution in [2.45, 2.75) is 31.1 Å². The Morgan fingerprint density at radius 1 is 1.00 bits per heavy atom. The largest absolute Gasteiger partial charge is 1.00 e. The topological polar surface area (TPSA) is 74.2 Å².